The van der Waals surface area contributed by atoms with Gasteiger partial charge < -0.3 is 9.52 Å². The van der Waals surface area contributed by atoms with E-state index in [9.17, 15) is 9.50 Å². The first-order chi connectivity index (χ1) is 9.63. The number of fused-ring (bicyclic) bond motifs is 1. The third kappa shape index (κ3) is 2.00. The third-order valence-electron chi connectivity index (χ3n) is 3.65. The summed E-state index contributed by atoms with van der Waals surface area (Å²) in [6, 6.07) is 15.4. The van der Waals surface area contributed by atoms with Gasteiger partial charge in [0.25, 0.3) is 0 Å². The maximum absolute atomic E-state index is 13.4. The van der Waals surface area contributed by atoms with Crippen LogP contribution in [0.25, 0.3) is 11.0 Å². The average molecular weight is 270 g/mol. The van der Waals surface area contributed by atoms with Crippen molar-refractivity contribution < 1.29 is 13.9 Å². The summed E-state index contributed by atoms with van der Waals surface area (Å²) in [7, 11) is 0. The van der Waals surface area contributed by atoms with Crippen LogP contribution >= 0.6 is 0 Å². The molecule has 0 spiro atoms. The molecule has 0 aliphatic carbocycles. The highest BCUT2D eigenvalue weighted by molar-refractivity contribution is 5.78. The number of aliphatic hydroxyl groups is 1. The van der Waals surface area contributed by atoms with Crippen molar-refractivity contribution in [3.63, 3.8) is 0 Å². The topological polar surface area (TPSA) is 33.4 Å². The Morgan fingerprint density at radius 3 is 2.60 bits per heavy atom. The second-order valence-corrected chi connectivity index (χ2v) is 4.87. The molecule has 0 aliphatic heterocycles. The Balaban J connectivity index is 2.16. The molecule has 0 bridgehead atoms. The van der Waals surface area contributed by atoms with E-state index in [1.165, 1.54) is 12.1 Å². The normalized spacial score (nSPS) is 14.3. The first-order valence-corrected chi connectivity index (χ1v) is 6.61. The summed E-state index contributed by atoms with van der Waals surface area (Å²) in [4.78, 5) is 0. The Morgan fingerprint density at radius 1 is 1.10 bits per heavy atom. The Hall–Kier alpha value is -2.13. The van der Waals surface area contributed by atoms with Gasteiger partial charge in [-0.1, -0.05) is 37.3 Å². The van der Waals surface area contributed by atoms with Gasteiger partial charge in [-0.3, -0.25) is 0 Å². The molecule has 3 heteroatoms. The molecule has 102 valence electrons. The zero-order valence-electron chi connectivity index (χ0n) is 11.1. The highest BCUT2D eigenvalue weighted by atomic mass is 19.1. The maximum atomic E-state index is 13.4. The van der Waals surface area contributed by atoms with Gasteiger partial charge >= 0.3 is 0 Å². The Bertz CT molecular complexity index is 714. The van der Waals surface area contributed by atoms with E-state index in [1.807, 2.05) is 37.3 Å². The molecule has 1 N–H and O–H groups in total. The molecule has 0 fully saturated rings. The van der Waals surface area contributed by atoms with E-state index in [2.05, 4.69) is 0 Å². The molecule has 3 aromatic rings. The van der Waals surface area contributed by atoms with Crippen LogP contribution in [-0.2, 0) is 5.60 Å². The van der Waals surface area contributed by atoms with Gasteiger partial charge in [0, 0.05) is 5.39 Å². The van der Waals surface area contributed by atoms with Crippen molar-refractivity contribution in [3.8, 4) is 0 Å². The molecule has 0 amide bonds. The number of benzene rings is 2. The van der Waals surface area contributed by atoms with E-state index in [0.29, 0.717) is 23.3 Å². The standard InChI is InChI=1S/C17H15FO2/c1-2-17(19,13-7-5-8-14(18)11-13)16-10-12-6-3-4-9-15(12)20-16/h3-11,19H,2H2,1H3. The van der Waals surface area contributed by atoms with E-state index < -0.39 is 5.60 Å². The van der Waals surface area contributed by atoms with Crippen molar-refractivity contribution in [1.82, 2.24) is 0 Å². The predicted octanol–water partition coefficient (Wildman–Crippen LogP) is 4.22. The number of rotatable bonds is 3. The molecule has 0 radical (unpaired) electrons. The molecule has 20 heavy (non-hydrogen) atoms. The van der Waals surface area contributed by atoms with Crippen LogP contribution in [0.3, 0.4) is 0 Å². The minimum atomic E-state index is -1.32. The summed E-state index contributed by atoms with van der Waals surface area (Å²) < 4.78 is 19.2. The highest BCUT2D eigenvalue weighted by Gasteiger charge is 2.33. The second kappa shape index (κ2) is 4.76. The summed E-state index contributed by atoms with van der Waals surface area (Å²) in [6.45, 7) is 1.85. The Labute approximate surface area is 116 Å². The molecule has 1 heterocycles. The van der Waals surface area contributed by atoms with Crippen molar-refractivity contribution >= 4 is 11.0 Å². The lowest BCUT2D eigenvalue weighted by Gasteiger charge is -2.25. The van der Waals surface area contributed by atoms with E-state index in [4.69, 9.17) is 4.42 Å². The van der Waals surface area contributed by atoms with Gasteiger partial charge in [-0.2, -0.15) is 0 Å². The van der Waals surface area contributed by atoms with Gasteiger partial charge in [-0.25, -0.2) is 4.39 Å². The third-order valence-corrected chi connectivity index (χ3v) is 3.65. The lowest BCUT2D eigenvalue weighted by atomic mass is 9.88. The molecule has 1 aromatic heterocycles. The molecule has 0 aliphatic rings. The lowest BCUT2D eigenvalue weighted by molar-refractivity contribution is 0.0541. The largest absolute Gasteiger partial charge is 0.458 e. The van der Waals surface area contributed by atoms with Crippen molar-refractivity contribution in [2.75, 3.05) is 0 Å². The predicted molar refractivity (Wildman–Crippen MR) is 75.9 cm³/mol. The van der Waals surface area contributed by atoms with Gasteiger partial charge in [0.2, 0.25) is 0 Å². The number of hydrogen-bond acceptors (Lipinski definition) is 2. The lowest BCUT2D eigenvalue weighted by Crippen LogP contribution is -2.25. The van der Waals surface area contributed by atoms with Crippen LogP contribution in [0.2, 0.25) is 0 Å². The van der Waals surface area contributed by atoms with Gasteiger partial charge in [-0.05, 0) is 36.2 Å². The van der Waals surface area contributed by atoms with Crippen LogP contribution in [0.15, 0.2) is 59.0 Å². The molecule has 0 saturated carbocycles. The molecule has 2 nitrogen and oxygen atoms in total. The van der Waals surface area contributed by atoms with Crippen LogP contribution in [0.5, 0.6) is 0 Å². The molecule has 1 atom stereocenters. The molecular formula is C17H15FO2. The minimum Gasteiger partial charge on any atom is -0.458 e. The average Bonchev–Trinajstić information content (AvgIpc) is 2.91. The number of furan rings is 1. The maximum Gasteiger partial charge on any atom is 0.147 e. The van der Waals surface area contributed by atoms with Crippen LogP contribution in [0.4, 0.5) is 4.39 Å². The number of hydrogen-bond donors (Lipinski definition) is 1. The fraction of sp³-hybridized carbons (Fsp3) is 0.176. The van der Waals surface area contributed by atoms with Crippen molar-refractivity contribution in [1.29, 1.82) is 0 Å². The zero-order valence-corrected chi connectivity index (χ0v) is 11.1. The van der Waals surface area contributed by atoms with Crippen LogP contribution in [0.1, 0.15) is 24.7 Å². The fourth-order valence-electron chi connectivity index (χ4n) is 2.45. The quantitative estimate of drug-likeness (QED) is 0.773. The monoisotopic (exact) mass is 270 g/mol. The summed E-state index contributed by atoms with van der Waals surface area (Å²) in [6.07, 6.45) is 0.399. The van der Waals surface area contributed by atoms with Crippen molar-refractivity contribution in [2.24, 2.45) is 0 Å². The first-order valence-electron chi connectivity index (χ1n) is 6.61. The Morgan fingerprint density at radius 2 is 1.90 bits per heavy atom. The summed E-state index contributed by atoms with van der Waals surface area (Å²) in [5.74, 6) is 0.0669. The summed E-state index contributed by atoms with van der Waals surface area (Å²) >= 11 is 0. The molecule has 3 rings (SSSR count). The second-order valence-electron chi connectivity index (χ2n) is 4.87. The molecular weight excluding hydrogens is 255 g/mol. The van der Waals surface area contributed by atoms with E-state index >= 15 is 0 Å². The zero-order chi connectivity index (χ0) is 14.2. The highest BCUT2D eigenvalue weighted by Crippen LogP contribution is 2.36. The molecule has 0 saturated heterocycles. The van der Waals surface area contributed by atoms with Crippen molar-refractivity contribution in [2.45, 2.75) is 18.9 Å². The van der Waals surface area contributed by atoms with Crippen molar-refractivity contribution in [3.05, 3.63) is 71.7 Å². The van der Waals surface area contributed by atoms with Crippen LogP contribution in [0, 0.1) is 5.82 Å². The van der Waals surface area contributed by atoms with E-state index in [0.717, 1.165) is 5.39 Å². The Kier molecular flexibility index (Phi) is 3.07. The molecule has 2 aromatic carbocycles. The summed E-state index contributed by atoms with van der Waals surface area (Å²) in [5.41, 5.74) is -0.106. The number of para-hydroxylation sites is 1. The van der Waals surface area contributed by atoms with Crippen LogP contribution in [-0.4, -0.2) is 5.11 Å². The van der Waals surface area contributed by atoms with E-state index in [1.54, 1.807) is 12.1 Å². The smallest absolute Gasteiger partial charge is 0.147 e. The van der Waals surface area contributed by atoms with Gasteiger partial charge in [-0.15, -0.1) is 0 Å². The van der Waals surface area contributed by atoms with Gasteiger partial charge in [0.15, 0.2) is 0 Å². The fourth-order valence-corrected chi connectivity index (χ4v) is 2.45. The summed E-state index contributed by atoms with van der Waals surface area (Å²) in [5, 5.41) is 11.8. The molecule has 1 unspecified atom stereocenters. The van der Waals surface area contributed by atoms with Crippen LogP contribution < -0.4 is 0 Å². The SMILES string of the molecule is CCC(O)(c1cccc(F)c1)c1cc2ccccc2o1. The van der Waals surface area contributed by atoms with Gasteiger partial charge in [0.05, 0.1) is 0 Å². The minimum absolute atomic E-state index is 0.370. The first kappa shape index (κ1) is 12.9. The van der Waals surface area contributed by atoms with E-state index in [-0.39, 0.29) is 5.82 Å². The number of halogens is 1. The van der Waals surface area contributed by atoms with Gasteiger partial charge in [0.1, 0.15) is 22.8 Å².